The lowest BCUT2D eigenvalue weighted by molar-refractivity contribution is -0.137. The first-order chi connectivity index (χ1) is 13.3. The van der Waals surface area contributed by atoms with Gasteiger partial charge in [0.1, 0.15) is 18.5 Å². The predicted molar refractivity (Wildman–Crippen MR) is 103 cm³/mol. The van der Waals surface area contributed by atoms with Crippen LogP contribution in [0.1, 0.15) is 11.1 Å². The number of β-amino-alcohol motifs (C(OH)–C–C–N with tert-alkyl or cyclic N) is 1. The van der Waals surface area contributed by atoms with Crippen molar-refractivity contribution in [2.24, 2.45) is 0 Å². The van der Waals surface area contributed by atoms with E-state index in [4.69, 9.17) is 4.74 Å². The zero-order chi connectivity index (χ0) is 20.1. The highest BCUT2D eigenvalue weighted by Gasteiger charge is 2.31. The van der Waals surface area contributed by atoms with E-state index in [2.05, 4.69) is 4.90 Å². The number of rotatable bonds is 6. The fraction of sp³-hybridized carbons (Fsp3) is 0.429. The van der Waals surface area contributed by atoms with Crippen molar-refractivity contribution in [2.45, 2.75) is 19.2 Å². The van der Waals surface area contributed by atoms with Gasteiger partial charge in [-0.05, 0) is 37.3 Å². The van der Waals surface area contributed by atoms with Crippen molar-refractivity contribution >= 4 is 5.69 Å². The predicted octanol–water partition coefficient (Wildman–Crippen LogP) is 3.58. The zero-order valence-electron chi connectivity index (χ0n) is 15.8. The van der Waals surface area contributed by atoms with Crippen LogP contribution in [0.25, 0.3) is 0 Å². The molecule has 0 saturated carbocycles. The SMILES string of the molecule is Cc1ccc(OCC(O)CN2CCN(c3cccc(C(F)(F)F)c3)CC2)cc1. The van der Waals surface area contributed by atoms with Crippen LogP contribution >= 0.6 is 0 Å². The van der Waals surface area contributed by atoms with Crippen molar-refractivity contribution < 1.29 is 23.0 Å². The van der Waals surface area contributed by atoms with E-state index in [0.717, 1.165) is 17.4 Å². The second-order valence-corrected chi connectivity index (χ2v) is 7.11. The third kappa shape index (κ3) is 5.62. The molecular formula is C21H25F3N2O2. The first-order valence-corrected chi connectivity index (χ1v) is 9.33. The summed E-state index contributed by atoms with van der Waals surface area (Å²) in [6.07, 6.45) is -4.96. The summed E-state index contributed by atoms with van der Waals surface area (Å²) in [6, 6.07) is 13.1. The molecule has 0 amide bonds. The maximum atomic E-state index is 12.9. The van der Waals surface area contributed by atoms with Gasteiger partial charge in [0.2, 0.25) is 0 Å². The van der Waals surface area contributed by atoms with Crippen LogP contribution in [0.15, 0.2) is 48.5 Å². The average molecular weight is 394 g/mol. The van der Waals surface area contributed by atoms with Crippen LogP contribution in [0.2, 0.25) is 0 Å². The monoisotopic (exact) mass is 394 g/mol. The Kier molecular flexibility index (Phi) is 6.46. The van der Waals surface area contributed by atoms with E-state index in [1.807, 2.05) is 36.1 Å². The molecule has 2 aromatic carbocycles. The van der Waals surface area contributed by atoms with Gasteiger partial charge in [0, 0.05) is 38.4 Å². The number of aliphatic hydroxyl groups is 1. The van der Waals surface area contributed by atoms with Gasteiger partial charge in [-0.15, -0.1) is 0 Å². The smallest absolute Gasteiger partial charge is 0.416 e. The highest BCUT2D eigenvalue weighted by Crippen LogP contribution is 2.31. The maximum Gasteiger partial charge on any atom is 0.416 e. The van der Waals surface area contributed by atoms with Crippen LogP contribution in [0, 0.1) is 6.92 Å². The van der Waals surface area contributed by atoms with Crippen molar-refractivity contribution in [2.75, 3.05) is 44.2 Å². The van der Waals surface area contributed by atoms with Gasteiger partial charge in [0.05, 0.1) is 5.56 Å². The van der Waals surface area contributed by atoms with E-state index < -0.39 is 17.8 Å². The molecule has 0 radical (unpaired) electrons. The second-order valence-electron chi connectivity index (χ2n) is 7.11. The second kappa shape index (κ2) is 8.84. The Morgan fingerprint density at radius 3 is 2.36 bits per heavy atom. The number of anilines is 1. The van der Waals surface area contributed by atoms with Gasteiger partial charge in [-0.3, -0.25) is 4.90 Å². The highest BCUT2D eigenvalue weighted by atomic mass is 19.4. The van der Waals surface area contributed by atoms with Crippen molar-refractivity contribution in [3.63, 3.8) is 0 Å². The Morgan fingerprint density at radius 2 is 1.71 bits per heavy atom. The molecular weight excluding hydrogens is 369 g/mol. The molecule has 1 aliphatic rings. The van der Waals surface area contributed by atoms with E-state index in [1.165, 1.54) is 12.1 Å². The average Bonchev–Trinajstić information content (AvgIpc) is 2.68. The van der Waals surface area contributed by atoms with Crippen LogP contribution < -0.4 is 9.64 Å². The maximum absolute atomic E-state index is 12.9. The number of aryl methyl sites for hydroxylation is 1. The summed E-state index contributed by atoms with van der Waals surface area (Å²) in [7, 11) is 0. The van der Waals surface area contributed by atoms with Crippen molar-refractivity contribution in [3.8, 4) is 5.75 Å². The molecule has 4 nitrogen and oxygen atoms in total. The minimum Gasteiger partial charge on any atom is -0.491 e. The highest BCUT2D eigenvalue weighted by molar-refractivity contribution is 5.49. The van der Waals surface area contributed by atoms with Crippen LogP contribution in [0.3, 0.4) is 0 Å². The Bertz CT molecular complexity index is 757. The minimum atomic E-state index is -4.33. The number of nitrogens with zero attached hydrogens (tertiary/aromatic N) is 2. The van der Waals surface area contributed by atoms with Crippen LogP contribution in [0.4, 0.5) is 18.9 Å². The Balaban J connectivity index is 1.45. The summed E-state index contributed by atoms with van der Waals surface area (Å²) in [5.74, 6) is 0.721. The molecule has 1 heterocycles. The van der Waals surface area contributed by atoms with Gasteiger partial charge in [0.15, 0.2) is 0 Å². The number of ether oxygens (including phenoxy) is 1. The summed E-state index contributed by atoms with van der Waals surface area (Å²) in [5.41, 5.74) is 1.10. The lowest BCUT2D eigenvalue weighted by atomic mass is 10.1. The molecule has 1 unspecified atom stereocenters. The molecule has 3 rings (SSSR count). The molecule has 1 N–H and O–H groups in total. The van der Waals surface area contributed by atoms with E-state index >= 15 is 0 Å². The zero-order valence-corrected chi connectivity index (χ0v) is 15.8. The lowest BCUT2D eigenvalue weighted by Crippen LogP contribution is -2.49. The number of piperazine rings is 1. The number of hydrogen-bond donors (Lipinski definition) is 1. The summed E-state index contributed by atoms with van der Waals surface area (Å²) >= 11 is 0. The third-order valence-corrected chi connectivity index (χ3v) is 4.84. The van der Waals surface area contributed by atoms with E-state index in [-0.39, 0.29) is 6.61 Å². The van der Waals surface area contributed by atoms with Crippen LogP contribution in [-0.4, -0.2) is 55.4 Å². The van der Waals surface area contributed by atoms with Crippen LogP contribution in [-0.2, 0) is 6.18 Å². The summed E-state index contributed by atoms with van der Waals surface area (Å²) in [4.78, 5) is 4.05. The lowest BCUT2D eigenvalue weighted by Gasteiger charge is -2.37. The van der Waals surface area contributed by atoms with Crippen molar-refractivity contribution in [1.82, 2.24) is 4.90 Å². The molecule has 1 fully saturated rings. The topological polar surface area (TPSA) is 35.9 Å². The first-order valence-electron chi connectivity index (χ1n) is 9.33. The normalized spacial score (nSPS) is 16.8. The number of alkyl halides is 3. The molecule has 0 aromatic heterocycles. The number of halogens is 3. The van der Waals surface area contributed by atoms with Crippen molar-refractivity contribution in [1.29, 1.82) is 0 Å². The number of hydrogen-bond acceptors (Lipinski definition) is 4. The minimum absolute atomic E-state index is 0.205. The molecule has 0 aliphatic carbocycles. The number of aliphatic hydroxyl groups excluding tert-OH is 1. The molecule has 28 heavy (non-hydrogen) atoms. The van der Waals surface area contributed by atoms with Crippen molar-refractivity contribution in [3.05, 3.63) is 59.7 Å². The Labute approximate surface area is 163 Å². The molecule has 7 heteroatoms. The van der Waals surface area contributed by atoms with Gasteiger partial charge in [0.25, 0.3) is 0 Å². The summed E-state index contributed by atoms with van der Waals surface area (Å²) < 4.78 is 44.3. The van der Waals surface area contributed by atoms with E-state index in [1.54, 1.807) is 6.07 Å². The molecule has 152 valence electrons. The summed E-state index contributed by atoms with van der Waals surface area (Å²) in [5, 5.41) is 10.2. The quantitative estimate of drug-likeness (QED) is 0.813. The number of benzene rings is 2. The Morgan fingerprint density at radius 1 is 1.04 bits per heavy atom. The molecule has 0 spiro atoms. The summed E-state index contributed by atoms with van der Waals surface area (Å²) in [6.45, 7) is 5.27. The standard InChI is InChI=1S/C21H25F3N2O2/c1-16-5-7-20(8-6-16)28-15-19(27)14-25-9-11-26(12-10-25)18-4-2-3-17(13-18)21(22,23)24/h2-8,13,19,27H,9-12,14-15H2,1H3. The molecule has 0 bridgehead atoms. The van der Waals surface area contributed by atoms with E-state index in [0.29, 0.717) is 38.4 Å². The largest absolute Gasteiger partial charge is 0.491 e. The van der Waals surface area contributed by atoms with Gasteiger partial charge in [-0.1, -0.05) is 23.8 Å². The van der Waals surface area contributed by atoms with Crippen LogP contribution in [0.5, 0.6) is 5.75 Å². The fourth-order valence-corrected chi connectivity index (χ4v) is 3.25. The molecule has 1 aliphatic heterocycles. The molecule has 1 saturated heterocycles. The first kappa shape index (κ1) is 20.5. The van der Waals surface area contributed by atoms with Gasteiger partial charge >= 0.3 is 6.18 Å². The third-order valence-electron chi connectivity index (χ3n) is 4.84. The van der Waals surface area contributed by atoms with Gasteiger partial charge in [-0.2, -0.15) is 13.2 Å². The molecule has 2 aromatic rings. The Hall–Kier alpha value is -2.25. The molecule has 1 atom stereocenters. The van der Waals surface area contributed by atoms with E-state index in [9.17, 15) is 18.3 Å². The van der Waals surface area contributed by atoms with Gasteiger partial charge < -0.3 is 14.7 Å². The van der Waals surface area contributed by atoms with Gasteiger partial charge in [-0.25, -0.2) is 0 Å². The fourth-order valence-electron chi connectivity index (χ4n) is 3.25.